The number of para-hydroxylation sites is 2. The van der Waals surface area contributed by atoms with E-state index in [1.54, 1.807) is 0 Å². The van der Waals surface area contributed by atoms with Gasteiger partial charge in [-0.05, 0) is 71.6 Å². The predicted octanol–water partition coefficient (Wildman–Crippen LogP) is 11.8. The zero-order chi connectivity index (χ0) is 34.9. The molecule has 0 saturated heterocycles. The molecule has 5 aromatic carbocycles. The SMILES string of the molecule is CCCCc1ccc(-c2nc(-c3cccc(-c4cccc5ccccc45)n3)cc(-c3cccc(-c4c5ccccc5nc5ccccc45)n3)n2)cc1. The average Bonchev–Trinajstić information content (AvgIpc) is 3.22. The van der Waals surface area contributed by atoms with E-state index in [9.17, 15) is 0 Å². The smallest absolute Gasteiger partial charge is 0.160 e. The van der Waals surface area contributed by atoms with Crippen LogP contribution in [0.2, 0.25) is 0 Å². The second-order valence-electron chi connectivity index (χ2n) is 13.1. The predicted molar refractivity (Wildman–Crippen MR) is 214 cm³/mol. The molecule has 52 heavy (non-hydrogen) atoms. The first-order chi connectivity index (χ1) is 25.7. The molecule has 0 aliphatic heterocycles. The summed E-state index contributed by atoms with van der Waals surface area (Å²) < 4.78 is 0. The lowest BCUT2D eigenvalue weighted by molar-refractivity contribution is 0.795. The molecule has 0 N–H and O–H groups in total. The van der Waals surface area contributed by atoms with Crippen molar-refractivity contribution in [1.82, 2.24) is 24.9 Å². The zero-order valence-corrected chi connectivity index (χ0v) is 28.9. The molecule has 0 aliphatic rings. The van der Waals surface area contributed by atoms with E-state index in [-0.39, 0.29) is 0 Å². The van der Waals surface area contributed by atoms with Crippen molar-refractivity contribution in [3.8, 4) is 56.7 Å². The molecule has 0 fully saturated rings. The Hall–Kier alpha value is -6.59. The molecule has 0 atom stereocenters. The topological polar surface area (TPSA) is 64.5 Å². The normalized spacial score (nSPS) is 11.4. The summed E-state index contributed by atoms with van der Waals surface area (Å²) in [6.45, 7) is 2.22. The van der Waals surface area contributed by atoms with E-state index in [4.69, 9.17) is 24.9 Å². The molecular formula is C47H35N5. The number of benzene rings is 5. The third-order valence-electron chi connectivity index (χ3n) is 9.69. The first-order valence-electron chi connectivity index (χ1n) is 17.9. The van der Waals surface area contributed by atoms with Gasteiger partial charge in [0.25, 0.3) is 0 Å². The molecule has 0 bridgehead atoms. The molecule has 4 aromatic heterocycles. The molecule has 9 aromatic rings. The molecule has 0 spiro atoms. The molecule has 5 nitrogen and oxygen atoms in total. The average molecular weight is 670 g/mol. The summed E-state index contributed by atoms with van der Waals surface area (Å²) in [7, 11) is 0. The fourth-order valence-corrected chi connectivity index (χ4v) is 7.05. The van der Waals surface area contributed by atoms with Crippen molar-refractivity contribution in [3.63, 3.8) is 0 Å². The van der Waals surface area contributed by atoms with Crippen molar-refractivity contribution in [2.45, 2.75) is 26.2 Å². The number of unbranched alkanes of at least 4 members (excludes halogenated alkanes) is 1. The number of aromatic nitrogens is 5. The van der Waals surface area contributed by atoms with Gasteiger partial charge in [0.15, 0.2) is 5.82 Å². The van der Waals surface area contributed by atoms with Gasteiger partial charge in [-0.3, -0.25) is 0 Å². The summed E-state index contributed by atoms with van der Waals surface area (Å²) in [5.74, 6) is 0.638. The second-order valence-corrected chi connectivity index (χ2v) is 13.1. The van der Waals surface area contributed by atoms with Gasteiger partial charge in [0, 0.05) is 27.5 Å². The summed E-state index contributed by atoms with van der Waals surface area (Å²) in [5.41, 5.74) is 11.1. The lowest BCUT2D eigenvalue weighted by Gasteiger charge is -2.13. The van der Waals surface area contributed by atoms with Crippen LogP contribution in [0.15, 0.2) is 158 Å². The van der Waals surface area contributed by atoms with Crippen LogP contribution in [0.1, 0.15) is 25.3 Å². The highest BCUT2D eigenvalue weighted by Crippen LogP contribution is 2.36. The second kappa shape index (κ2) is 13.6. The van der Waals surface area contributed by atoms with Crippen LogP contribution in [0, 0.1) is 0 Å². The van der Waals surface area contributed by atoms with Crippen LogP contribution in [0.5, 0.6) is 0 Å². The summed E-state index contributed by atoms with van der Waals surface area (Å²) >= 11 is 0. The van der Waals surface area contributed by atoms with Crippen LogP contribution in [-0.2, 0) is 6.42 Å². The Bertz CT molecular complexity index is 2680. The van der Waals surface area contributed by atoms with Gasteiger partial charge in [-0.2, -0.15) is 0 Å². The number of pyridine rings is 3. The minimum atomic E-state index is 0.638. The van der Waals surface area contributed by atoms with Crippen LogP contribution >= 0.6 is 0 Å². The van der Waals surface area contributed by atoms with Crippen molar-refractivity contribution >= 4 is 32.6 Å². The van der Waals surface area contributed by atoms with Gasteiger partial charge >= 0.3 is 0 Å². The number of nitrogens with zero attached hydrogens (tertiary/aromatic N) is 5. The lowest BCUT2D eigenvalue weighted by Crippen LogP contribution is -1.99. The largest absolute Gasteiger partial charge is 0.248 e. The van der Waals surface area contributed by atoms with Crippen LogP contribution in [-0.4, -0.2) is 24.9 Å². The fraction of sp³-hybridized carbons (Fsp3) is 0.0851. The van der Waals surface area contributed by atoms with Gasteiger partial charge < -0.3 is 0 Å². The van der Waals surface area contributed by atoms with Crippen molar-refractivity contribution < 1.29 is 0 Å². The molecule has 9 rings (SSSR count). The van der Waals surface area contributed by atoms with Gasteiger partial charge in [-0.25, -0.2) is 24.9 Å². The number of aryl methyl sites for hydroxylation is 1. The number of fused-ring (bicyclic) bond motifs is 3. The Labute approximate surface area is 302 Å². The molecule has 4 heterocycles. The van der Waals surface area contributed by atoms with E-state index >= 15 is 0 Å². The Morgan fingerprint density at radius 1 is 0.423 bits per heavy atom. The maximum absolute atomic E-state index is 5.29. The Balaban J connectivity index is 1.21. The standard InChI is InChI=1S/C47H35N5/c1-2-3-13-31-26-28-33(29-27-31)47-51-44(41-23-11-22-38(49-41)35-19-10-15-32-14-4-5-16-34(32)35)30-45(52-47)42-24-12-25-43(50-42)46-36-17-6-8-20-39(36)48-40-21-9-7-18-37(40)46/h4-12,14-30H,2-3,13H2,1H3. The Morgan fingerprint density at radius 2 is 0.981 bits per heavy atom. The highest BCUT2D eigenvalue weighted by atomic mass is 14.9. The quantitative estimate of drug-likeness (QED) is 0.151. The third-order valence-corrected chi connectivity index (χ3v) is 9.69. The molecule has 248 valence electrons. The van der Waals surface area contributed by atoms with Crippen molar-refractivity contribution in [2.24, 2.45) is 0 Å². The summed E-state index contributed by atoms with van der Waals surface area (Å²) in [6, 6.07) is 54.3. The molecule has 5 heteroatoms. The fourth-order valence-electron chi connectivity index (χ4n) is 7.05. The summed E-state index contributed by atoms with van der Waals surface area (Å²) in [4.78, 5) is 25.7. The monoisotopic (exact) mass is 669 g/mol. The number of hydrogen-bond donors (Lipinski definition) is 0. The van der Waals surface area contributed by atoms with E-state index in [0.717, 1.165) is 91.9 Å². The first-order valence-corrected chi connectivity index (χ1v) is 17.9. The highest BCUT2D eigenvalue weighted by molar-refractivity contribution is 6.08. The lowest BCUT2D eigenvalue weighted by atomic mass is 9.99. The van der Waals surface area contributed by atoms with Crippen LogP contribution in [0.25, 0.3) is 89.3 Å². The van der Waals surface area contributed by atoms with Crippen molar-refractivity contribution in [1.29, 1.82) is 0 Å². The number of hydrogen-bond acceptors (Lipinski definition) is 5. The third kappa shape index (κ3) is 5.96. The molecule has 0 saturated carbocycles. The van der Waals surface area contributed by atoms with E-state index in [2.05, 4.69) is 134 Å². The highest BCUT2D eigenvalue weighted by Gasteiger charge is 2.17. The van der Waals surface area contributed by atoms with Crippen LogP contribution < -0.4 is 0 Å². The molecule has 0 amide bonds. The Kier molecular flexibility index (Phi) is 8.22. The number of rotatable bonds is 8. The van der Waals surface area contributed by atoms with E-state index in [1.165, 1.54) is 16.3 Å². The zero-order valence-electron chi connectivity index (χ0n) is 28.9. The van der Waals surface area contributed by atoms with Crippen LogP contribution in [0.4, 0.5) is 0 Å². The van der Waals surface area contributed by atoms with E-state index < -0.39 is 0 Å². The summed E-state index contributed by atoms with van der Waals surface area (Å²) in [5, 5.41) is 4.47. The first kappa shape index (κ1) is 31.4. The van der Waals surface area contributed by atoms with Gasteiger partial charge in [0.05, 0.1) is 45.2 Å². The maximum Gasteiger partial charge on any atom is 0.160 e. The molecule has 0 unspecified atom stereocenters. The Morgan fingerprint density at radius 3 is 1.67 bits per heavy atom. The van der Waals surface area contributed by atoms with Crippen molar-refractivity contribution in [3.05, 3.63) is 163 Å². The van der Waals surface area contributed by atoms with Gasteiger partial charge in [-0.15, -0.1) is 0 Å². The minimum absolute atomic E-state index is 0.638. The summed E-state index contributed by atoms with van der Waals surface area (Å²) in [6.07, 6.45) is 3.39. The van der Waals surface area contributed by atoms with E-state index in [0.29, 0.717) is 5.82 Å². The van der Waals surface area contributed by atoms with Crippen LogP contribution in [0.3, 0.4) is 0 Å². The van der Waals surface area contributed by atoms with Gasteiger partial charge in [-0.1, -0.05) is 129 Å². The molecule has 0 aliphatic carbocycles. The van der Waals surface area contributed by atoms with E-state index in [1.807, 2.05) is 30.3 Å². The van der Waals surface area contributed by atoms with Crippen molar-refractivity contribution in [2.75, 3.05) is 0 Å². The molecule has 0 radical (unpaired) electrons. The van der Waals surface area contributed by atoms with Gasteiger partial charge in [0.2, 0.25) is 0 Å². The molecular weight excluding hydrogens is 635 g/mol. The van der Waals surface area contributed by atoms with Gasteiger partial charge in [0.1, 0.15) is 0 Å². The maximum atomic E-state index is 5.29. The minimum Gasteiger partial charge on any atom is -0.248 e.